The Balaban J connectivity index is 1.06. The Hall–Kier alpha value is -7.70. The number of para-hydroxylation sites is 1. The van der Waals surface area contributed by atoms with Crippen LogP contribution in [0.3, 0.4) is 0 Å². The van der Waals surface area contributed by atoms with Crippen LogP contribution >= 0.6 is 0 Å². The molecule has 0 amide bonds. The van der Waals surface area contributed by atoms with Gasteiger partial charge < -0.3 is 8.98 Å². The van der Waals surface area contributed by atoms with E-state index in [9.17, 15) is 0 Å². The highest BCUT2D eigenvalue weighted by atomic mass is 16.3. The van der Waals surface area contributed by atoms with Gasteiger partial charge in [0.1, 0.15) is 11.2 Å². The minimum absolute atomic E-state index is 0.568. The zero-order chi connectivity index (χ0) is 37.0. The lowest BCUT2D eigenvalue weighted by atomic mass is 9.98. The Kier molecular flexibility index (Phi) is 7.38. The van der Waals surface area contributed by atoms with E-state index >= 15 is 0 Å². The number of pyridine rings is 1. The molecule has 4 heterocycles. The fraction of sp³-hybridized carbons (Fsp3) is 0. The summed E-state index contributed by atoms with van der Waals surface area (Å²) in [6.45, 7) is 0. The van der Waals surface area contributed by atoms with E-state index < -0.39 is 0 Å². The minimum atomic E-state index is 0.568. The lowest BCUT2D eigenvalue weighted by molar-refractivity contribution is 0.668. The Morgan fingerprint density at radius 3 is 1.91 bits per heavy atom. The van der Waals surface area contributed by atoms with E-state index in [1.165, 1.54) is 21.9 Å². The van der Waals surface area contributed by atoms with Gasteiger partial charge in [0, 0.05) is 56.3 Å². The second kappa shape index (κ2) is 13.0. The molecule has 56 heavy (non-hydrogen) atoms. The van der Waals surface area contributed by atoms with Gasteiger partial charge in [-0.25, -0.2) is 15.0 Å². The lowest BCUT2D eigenvalue weighted by Gasteiger charge is -2.14. The van der Waals surface area contributed by atoms with E-state index in [1.807, 2.05) is 60.8 Å². The molecule has 0 aliphatic heterocycles. The standard InChI is InChI=1S/C50H31N5O/c1-3-12-32(13-4-1)34-23-25-45-42(29-34)39-19-9-10-21-44(39)55(45)37-17-11-16-35(28-37)38-18-7-8-20-41(38)50-53-48(33-14-5-2-6-15-33)52-49(54-50)36-22-24-40-43-31-51-27-26-46(43)56-47(40)30-36/h1-31H. The zero-order valence-electron chi connectivity index (χ0n) is 30.0. The minimum Gasteiger partial charge on any atom is -0.456 e. The average Bonchev–Trinajstić information content (AvgIpc) is 3.82. The van der Waals surface area contributed by atoms with Crippen molar-refractivity contribution in [3.05, 3.63) is 188 Å². The molecule has 0 atom stereocenters. The van der Waals surface area contributed by atoms with Crippen molar-refractivity contribution >= 4 is 43.7 Å². The summed E-state index contributed by atoms with van der Waals surface area (Å²) in [6.07, 6.45) is 3.58. The Morgan fingerprint density at radius 1 is 0.375 bits per heavy atom. The van der Waals surface area contributed by atoms with Gasteiger partial charge in [0.15, 0.2) is 17.5 Å². The number of hydrogen-bond donors (Lipinski definition) is 0. The topological polar surface area (TPSA) is 69.6 Å². The SMILES string of the molecule is c1ccc(-c2ccc3c(c2)c2ccccc2n3-c2cccc(-c3ccccc3-c3nc(-c4ccccc4)nc(-c4ccc5c(c4)oc4ccncc45)n3)c2)cc1. The van der Waals surface area contributed by atoms with E-state index in [0.29, 0.717) is 17.5 Å². The molecule has 0 saturated carbocycles. The van der Waals surface area contributed by atoms with Gasteiger partial charge in [0.2, 0.25) is 0 Å². The first-order valence-electron chi connectivity index (χ1n) is 18.6. The summed E-state index contributed by atoms with van der Waals surface area (Å²) in [6, 6.07) is 61.1. The summed E-state index contributed by atoms with van der Waals surface area (Å²) >= 11 is 0. The maximum absolute atomic E-state index is 6.23. The van der Waals surface area contributed by atoms with Crippen LogP contribution in [0.15, 0.2) is 193 Å². The maximum Gasteiger partial charge on any atom is 0.164 e. The number of hydrogen-bond acceptors (Lipinski definition) is 5. The summed E-state index contributed by atoms with van der Waals surface area (Å²) in [5.74, 6) is 1.76. The molecule has 0 spiro atoms. The third-order valence-corrected chi connectivity index (χ3v) is 10.6. The molecule has 7 aromatic carbocycles. The van der Waals surface area contributed by atoms with Crippen LogP contribution in [0, 0.1) is 0 Å². The Labute approximate surface area is 322 Å². The fourth-order valence-electron chi connectivity index (χ4n) is 7.91. The van der Waals surface area contributed by atoms with Crippen LogP contribution in [-0.2, 0) is 0 Å². The summed E-state index contributed by atoms with van der Waals surface area (Å²) in [5.41, 5.74) is 12.1. The highest BCUT2D eigenvalue weighted by molar-refractivity contribution is 6.10. The number of rotatable bonds is 6. The van der Waals surface area contributed by atoms with E-state index in [2.05, 4.69) is 131 Å². The first-order valence-corrected chi connectivity index (χ1v) is 18.6. The van der Waals surface area contributed by atoms with Gasteiger partial charge in [0.25, 0.3) is 0 Å². The highest BCUT2D eigenvalue weighted by Crippen LogP contribution is 2.38. The molecule has 0 aliphatic rings. The predicted molar refractivity (Wildman–Crippen MR) is 226 cm³/mol. The molecule has 0 radical (unpaired) electrons. The molecule has 11 rings (SSSR count). The summed E-state index contributed by atoms with van der Waals surface area (Å²) in [5, 5.41) is 4.41. The Bertz CT molecular complexity index is 3260. The molecule has 0 aliphatic carbocycles. The van der Waals surface area contributed by atoms with Crippen LogP contribution in [0.5, 0.6) is 0 Å². The van der Waals surface area contributed by atoms with Crippen LogP contribution in [0.4, 0.5) is 0 Å². The van der Waals surface area contributed by atoms with E-state index in [1.54, 1.807) is 6.20 Å². The van der Waals surface area contributed by atoms with Crippen molar-refractivity contribution in [1.82, 2.24) is 24.5 Å². The van der Waals surface area contributed by atoms with Gasteiger partial charge in [-0.2, -0.15) is 0 Å². The van der Waals surface area contributed by atoms with Crippen LogP contribution in [0.2, 0.25) is 0 Å². The molecule has 0 bridgehead atoms. The van der Waals surface area contributed by atoms with Crippen LogP contribution in [-0.4, -0.2) is 24.5 Å². The van der Waals surface area contributed by atoms with Gasteiger partial charge in [-0.3, -0.25) is 4.98 Å². The van der Waals surface area contributed by atoms with Crippen molar-refractivity contribution in [3.63, 3.8) is 0 Å². The number of fused-ring (bicyclic) bond motifs is 6. The van der Waals surface area contributed by atoms with Crippen molar-refractivity contribution in [2.75, 3.05) is 0 Å². The van der Waals surface area contributed by atoms with E-state index in [-0.39, 0.29) is 0 Å². The van der Waals surface area contributed by atoms with Gasteiger partial charge >= 0.3 is 0 Å². The fourth-order valence-corrected chi connectivity index (χ4v) is 7.91. The Morgan fingerprint density at radius 2 is 1.05 bits per heavy atom. The van der Waals surface area contributed by atoms with Crippen molar-refractivity contribution in [2.24, 2.45) is 0 Å². The summed E-state index contributed by atoms with van der Waals surface area (Å²) < 4.78 is 8.59. The second-order valence-electron chi connectivity index (χ2n) is 13.9. The summed E-state index contributed by atoms with van der Waals surface area (Å²) in [7, 11) is 0. The molecular formula is C50H31N5O. The van der Waals surface area contributed by atoms with Gasteiger partial charge in [-0.1, -0.05) is 127 Å². The maximum atomic E-state index is 6.23. The molecular weight excluding hydrogens is 687 g/mol. The number of aromatic nitrogens is 5. The molecule has 0 unspecified atom stereocenters. The lowest BCUT2D eigenvalue weighted by Crippen LogP contribution is -2.01. The van der Waals surface area contributed by atoms with E-state index in [4.69, 9.17) is 19.4 Å². The number of furan rings is 1. The first-order chi connectivity index (χ1) is 27.7. The average molecular weight is 718 g/mol. The van der Waals surface area contributed by atoms with E-state index in [0.717, 1.165) is 66.5 Å². The second-order valence-corrected chi connectivity index (χ2v) is 13.9. The predicted octanol–water partition coefficient (Wildman–Crippen LogP) is 12.6. The number of benzene rings is 7. The third-order valence-electron chi connectivity index (χ3n) is 10.6. The van der Waals surface area contributed by atoms with Gasteiger partial charge in [-0.05, 0) is 70.8 Å². The third kappa shape index (κ3) is 5.35. The van der Waals surface area contributed by atoms with Gasteiger partial charge in [-0.15, -0.1) is 0 Å². The summed E-state index contributed by atoms with van der Waals surface area (Å²) in [4.78, 5) is 19.6. The largest absolute Gasteiger partial charge is 0.456 e. The smallest absolute Gasteiger partial charge is 0.164 e. The highest BCUT2D eigenvalue weighted by Gasteiger charge is 2.19. The van der Waals surface area contributed by atoms with Crippen LogP contribution < -0.4 is 0 Å². The monoisotopic (exact) mass is 717 g/mol. The molecule has 11 aromatic rings. The zero-order valence-corrected chi connectivity index (χ0v) is 30.0. The van der Waals surface area contributed by atoms with Crippen LogP contribution in [0.1, 0.15) is 0 Å². The van der Waals surface area contributed by atoms with Crippen molar-refractivity contribution < 1.29 is 4.42 Å². The molecule has 6 nitrogen and oxygen atoms in total. The van der Waals surface area contributed by atoms with Crippen LogP contribution in [0.25, 0.3) is 106 Å². The molecule has 6 heteroatoms. The molecule has 262 valence electrons. The molecule has 0 N–H and O–H groups in total. The van der Waals surface area contributed by atoms with Gasteiger partial charge in [0.05, 0.1) is 11.0 Å². The normalized spacial score (nSPS) is 11.6. The quantitative estimate of drug-likeness (QED) is 0.171. The molecule has 0 saturated heterocycles. The van der Waals surface area contributed by atoms with Crippen molar-refractivity contribution in [1.29, 1.82) is 0 Å². The first kappa shape index (κ1) is 31.8. The van der Waals surface area contributed by atoms with Crippen molar-refractivity contribution in [2.45, 2.75) is 0 Å². The van der Waals surface area contributed by atoms with Crippen molar-refractivity contribution in [3.8, 4) is 62.1 Å². The number of nitrogens with zero attached hydrogens (tertiary/aromatic N) is 5. The molecule has 4 aromatic heterocycles. The molecule has 0 fully saturated rings.